The molecule has 0 spiro atoms. The average molecular weight is 458 g/mol. The smallest absolute Gasteiger partial charge is 0.422 e. The van der Waals surface area contributed by atoms with Gasteiger partial charge in [-0.05, 0) is 55.0 Å². The normalized spacial score (nSPS) is 13.3. The van der Waals surface area contributed by atoms with Crippen LogP contribution in [0.3, 0.4) is 0 Å². The van der Waals surface area contributed by atoms with Crippen LogP contribution in [0.15, 0.2) is 59.2 Å². The van der Waals surface area contributed by atoms with Gasteiger partial charge in [-0.2, -0.15) is 13.2 Å². The van der Waals surface area contributed by atoms with E-state index in [2.05, 4.69) is 5.32 Å². The molecule has 170 valence electrons. The number of nitrogens with zero attached hydrogens (tertiary/aromatic N) is 1. The number of ether oxygens (including phenoxy) is 1. The van der Waals surface area contributed by atoms with Crippen LogP contribution in [0.1, 0.15) is 42.4 Å². The van der Waals surface area contributed by atoms with Gasteiger partial charge in [-0.15, -0.1) is 0 Å². The molecule has 0 fully saturated rings. The highest BCUT2D eigenvalue weighted by atomic mass is 19.4. The average Bonchev–Trinajstić information content (AvgIpc) is 3.36. The van der Waals surface area contributed by atoms with E-state index in [-0.39, 0.29) is 34.7 Å². The first kappa shape index (κ1) is 22.1. The molecule has 1 aliphatic rings. The Morgan fingerprint density at radius 2 is 1.82 bits per heavy atom. The highest BCUT2D eigenvalue weighted by molar-refractivity contribution is 6.22. The van der Waals surface area contributed by atoms with Gasteiger partial charge in [-0.3, -0.25) is 19.3 Å². The number of carbonyl (C=O) groups is 3. The van der Waals surface area contributed by atoms with E-state index >= 15 is 0 Å². The van der Waals surface area contributed by atoms with E-state index < -0.39 is 30.5 Å². The second-order valence-corrected chi connectivity index (χ2v) is 7.39. The monoisotopic (exact) mass is 458 g/mol. The number of rotatable bonds is 6. The fourth-order valence-electron chi connectivity index (χ4n) is 3.34. The first-order chi connectivity index (χ1) is 15.6. The second kappa shape index (κ2) is 8.45. The van der Waals surface area contributed by atoms with Gasteiger partial charge in [0.15, 0.2) is 6.61 Å². The minimum Gasteiger partial charge on any atom is -0.482 e. The molecule has 0 unspecified atom stereocenters. The molecule has 3 aromatic rings. The third-order valence-electron chi connectivity index (χ3n) is 4.90. The predicted octanol–water partition coefficient (Wildman–Crippen LogP) is 4.58. The van der Waals surface area contributed by atoms with Gasteiger partial charge < -0.3 is 14.5 Å². The summed E-state index contributed by atoms with van der Waals surface area (Å²) in [5.74, 6) is -1.49. The van der Waals surface area contributed by atoms with Crippen LogP contribution in [0.25, 0.3) is 0 Å². The van der Waals surface area contributed by atoms with Crippen molar-refractivity contribution in [3.8, 4) is 5.75 Å². The number of fused-ring (bicyclic) bond motifs is 1. The number of alkyl halides is 3. The Bertz CT molecular complexity index is 1240. The molecule has 1 aromatic heterocycles. The summed E-state index contributed by atoms with van der Waals surface area (Å²) in [5.41, 5.74) is 0.932. The first-order valence-corrected chi connectivity index (χ1v) is 9.76. The Hall–Kier alpha value is -4.08. The number of aryl methyl sites for hydroxylation is 1. The van der Waals surface area contributed by atoms with E-state index in [1.807, 2.05) is 0 Å². The van der Waals surface area contributed by atoms with Crippen molar-refractivity contribution in [3.05, 3.63) is 82.8 Å². The van der Waals surface area contributed by atoms with Crippen molar-refractivity contribution in [2.75, 3.05) is 11.9 Å². The first-order valence-electron chi connectivity index (χ1n) is 9.76. The standard InChI is InChI=1S/C23H17F3N2O5/c1-13-4-7-18(19(9-13)33-12-23(24,25)26)27-20(29)14-5-6-16-17(10-14)22(31)28(21(16)30)11-15-3-2-8-32-15/h2-10H,11-12H2,1H3,(H,27,29). The summed E-state index contributed by atoms with van der Waals surface area (Å²) in [5, 5.41) is 2.50. The Kier molecular flexibility index (Phi) is 5.67. The number of hydrogen-bond acceptors (Lipinski definition) is 5. The summed E-state index contributed by atoms with van der Waals surface area (Å²) in [6, 6.07) is 11.7. The molecule has 1 aliphatic heterocycles. The maximum Gasteiger partial charge on any atom is 0.422 e. The van der Waals surface area contributed by atoms with Crippen molar-refractivity contribution in [1.29, 1.82) is 0 Å². The van der Waals surface area contributed by atoms with Crippen LogP contribution in [-0.2, 0) is 6.54 Å². The van der Waals surface area contributed by atoms with Gasteiger partial charge in [0, 0.05) is 5.56 Å². The van der Waals surface area contributed by atoms with E-state index in [1.165, 1.54) is 36.6 Å². The zero-order valence-electron chi connectivity index (χ0n) is 17.2. The number of hydrogen-bond donors (Lipinski definition) is 1. The molecule has 0 saturated carbocycles. The molecule has 10 heteroatoms. The van der Waals surface area contributed by atoms with Crippen LogP contribution in [-0.4, -0.2) is 35.4 Å². The number of halogens is 3. The van der Waals surface area contributed by atoms with E-state index in [9.17, 15) is 27.6 Å². The van der Waals surface area contributed by atoms with Gasteiger partial charge in [0.05, 0.1) is 29.6 Å². The molecule has 0 aliphatic carbocycles. The SMILES string of the molecule is Cc1ccc(NC(=O)c2ccc3c(c2)C(=O)N(Cc2ccco2)C3=O)c(OCC(F)(F)F)c1. The van der Waals surface area contributed by atoms with Crippen molar-refractivity contribution in [1.82, 2.24) is 4.90 Å². The van der Waals surface area contributed by atoms with Crippen LogP contribution in [0.5, 0.6) is 5.75 Å². The minimum atomic E-state index is -4.54. The number of nitrogens with one attached hydrogen (secondary N) is 1. The zero-order valence-corrected chi connectivity index (χ0v) is 17.2. The van der Waals surface area contributed by atoms with Crippen molar-refractivity contribution in [3.63, 3.8) is 0 Å². The summed E-state index contributed by atoms with van der Waals surface area (Å²) in [6.07, 6.45) is -3.12. The molecular weight excluding hydrogens is 441 g/mol. The minimum absolute atomic E-state index is 0.0391. The third kappa shape index (κ3) is 4.74. The molecule has 3 amide bonds. The number of imide groups is 1. The number of amides is 3. The Labute approximate surface area is 185 Å². The lowest BCUT2D eigenvalue weighted by Crippen LogP contribution is -2.28. The maximum atomic E-state index is 12.8. The van der Waals surface area contributed by atoms with Crippen LogP contribution >= 0.6 is 0 Å². The number of furan rings is 1. The molecule has 0 radical (unpaired) electrons. The van der Waals surface area contributed by atoms with E-state index in [4.69, 9.17) is 9.15 Å². The summed E-state index contributed by atoms with van der Waals surface area (Å²) in [6.45, 7) is 0.105. The van der Waals surface area contributed by atoms with Gasteiger partial charge in [0.1, 0.15) is 11.5 Å². The van der Waals surface area contributed by atoms with Crippen LogP contribution in [0.2, 0.25) is 0 Å². The Morgan fingerprint density at radius 1 is 1.06 bits per heavy atom. The quantitative estimate of drug-likeness (QED) is 0.547. The molecular formula is C23H17F3N2O5. The molecule has 2 heterocycles. The Balaban J connectivity index is 1.54. The van der Waals surface area contributed by atoms with E-state index in [1.54, 1.807) is 25.1 Å². The van der Waals surface area contributed by atoms with Gasteiger partial charge in [-0.25, -0.2) is 0 Å². The largest absolute Gasteiger partial charge is 0.482 e. The van der Waals surface area contributed by atoms with Crippen LogP contribution in [0.4, 0.5) is 18.9 Å². The zero-order chi connectivity index (χ0) is 23.8. The van der Waals surface area contributed by atoms with Crippen LogP contribution in [0, 0.1) is 6.92 Å². The summed E-state index contributed by atoms with van der Waals surface area (Å²) in [4.78, 5) is 39.1. The lowest BCUT2D eigenvalue weighted by Gasteiger charge is -2.15. The van der Waals surface area contributed by atoms with Crippen molar-refractivity contribution in [2.24, 2.45) is 0 Å². The van der Waals surface area contributed by atoms with Crippen molar-refractivity contribution >= 4 is 23.4 Å². The molecule has 0 bridgehead atoms. The van der Waals surface area contributed by atoms with Gasteiger partial charge in [0.2, 0.25) is 0 Å². The van der Waals surface area contributed by atoms with Crippen molar-refractivity contribution < 1.29 is 36.7 Å². The van der Waals surface area contributed by atoms with Gasteiger partial charge in [-0.1, -0.05) is 6.07 Å². The molecule has 0 atom stereocenters. The van der Waals surface area contributed by atoms with Crippen LogP contribution < -0.4 is 10.1 Å². The maximum absolute atomic E-state index is 12.8. The van der Waals surface area contributed by atoms with Gasteiger partial charge >= 0.3 is 6.18 Å². The lowest BCUT2D eigenvalue weighted by atomic mass is 10.1. The van der Waals surface area contributed by atoms with Gasteiger partial charge in [0.25, 0.3) is 17.7 Å². The highest BCUT2D eigenvalue weighted by Gasteiger charge is 2.36. The predicted molar refractivity (Wildman–Crippen MR) is 110 cm³/mol. The summed E-state index contributed by atoms with van der Waals surface area (Å²) >= 11 is 0. The molecule has 1 N–H and O–H groups in total. The molecule has 0 saturated heterocycles. The van der Waals surface area contributed by atoms with E-state index in [0.717, 1.165) is 4.90 Å². The number of benzene rings is 2. The second-order valence-electron chi connectivity index (χ2n) is 7.39. The fourth-order valence-corrected chi connectivity index (χ4v) is 3.34. The number of carbonyl (C=O) groups excluding carboxylic acids is 3. The molecule has 2 aromatic carbocycles. The number of anilines is 1. The molecule has 33 heavy (non-hydrogen) atoms. The topological polar surface area (TPSA) is 88.9 Å². The molecule has 4 rings (SSSR count). The Morgan fingerprint density at radius 3 is 2.52 bits per heavy atom. The molecule has 7 nitrogen and oxygen atoms in total. The third-order valence-corrected chi connectivity index (χ3v) is 4.90. The van der Waals surface area contributed by atoms with E-state index in [0.29, 0.717) is 11.3 Å². The summed E-state index contributed by atoms with van der Waals surface area (Å²) < 4.78 is 47.7. The highest BCUT2D eigenvalue weighted by Crippen LogP contribution is 2.30. The fraction of sp³-hybridized carbons (Fsp3) is 0.174. The summed E-state index contributed by atoms with van der Waals surface area (Å²) in [7, 11) is 0. The lowest BCUT2D eigenvalue weighted by molar-refractivity contribution is -0.153. The van der Waals surface area contributed by atoms with Crippen molar-refractivity contribution in [2.45, 2.75) is 19.6 Å².